The van der Waals surface area contributed by atoms with Crippen LogP contribution in [0.5, 0.6) is 0 Å². The maximum Gasteiger partial charge on any atom is 0.340 e. The smallest absolute Gasteiger partial charge is 0.340 e. The molecular formula is C12H10F2N2O2. The van der Waals surface area contributed by atoms with Crippen molar-refractivity contribution < 1.29 is 18.3 Å². The fraction of sp³-hybridized carbons (Fsp3) is 0.0833. The normalized spacial score (nSPS) is 10.2. The topological polar surface area (TPSA) is 43.3 Å². The molecular weight excluding hydrogens is 242 g/mol. The number of rotatable bonds is 3. The second kappa shape index (κ2) is 4.87. The molecule has 0 spiro atoms. The summed E-state index contributed by atoms with van der Waals surface area (Å²) in [6, 6.07) is 5.88. The zero-order valence-corrected chi connectivity index (χ0v) is 9.48. The zero-order valence-electron chi connectivity index (χ0n) is 9.48. The number of methoxy groups -OCH3 is 1. The quantitative estimate of drug-likeness (QED) is 0.853. The second-order valence-electron chi connectivity index (χ2n) is 3.48. The largest absolute Gasteiger partial charge is 0.465 e. The number of nitrogens with one attached hydrogen (secondary N) is 1. The minimum atomic E-state index is -1.24. The summed E-state index contributed by atoms with van der Waals surface area (Å²) < 4.78 is 33.1. The van der Waals surface area contributed by atoms with Crippen LogP contribution in [0.2, 0.25) is 0 Å². The molecule has 94 valence electrons. The van der Waals surface area contributed by atoms with Crippen LogP contribution >= 0.6 is 0 Å². The first kappa shape index (κ1) is 12.1. The van der Waals surface area contributed by atoms with Crippen LogP contribution < -0.4 is 5.43 Å². The first-order valence-electron chi connectivity index (χ1n) is 5.10. The van der Waals surface area contributed by atoms with Crippen molar-refractivity contribution in [3.63, 3.8) is 0 Å². The molecule has 0 amide bonds. The predicted molar refractivity (Wildman–Crippen MR) is 61.2 cm³/mol. The Morgan fingerprint density at radius 3 is 2.50 bits per heavy atom. The molecule has 0 unspecified atom stereocenters. The Bertz CT molecular complexity index is 568. The minimum Gasteiger partial charge on any atom is -0.465 e. The molecule has 0 saturated heterocycles. The van der Waals surface area contributed by atoms with Crippen LogP contribution in [0.15, 0.2) is 36.7 Å². The van der Waals surface area contributed by atoms with Gasteiger partial charge in [0.05, 0.1) is 18.4 Å². The standard InChI is InChI=1S/C12H10F2N2O2/c1-18-12(17)8-4-5-9(11(14)10(8)13)15-16-6-2-3-7-16/h2-7,15H,1H3. The van der Waals surface area contributed by atoms with Gasteiger partial charge in [-0.25, -0.2) is 13.6 Å². The Balaban J connectivity index is 2.34. The fourth-order valence-corrected chi connectivity index (χ4v) is 1.45. The Morgan fingerprint density at radius 2 is 1.89 bits per heavy atom. The van der Waals surface area contributed by atoms with Gasteiger partial charge in [-0.3, -0.25) is 10.1 Å². The van der Waals surface area contributed by atoms with Crippen molar-refractivity contribution in [3.8, 4) is 0 Å². The van der Waals surface area contributed by atoms with E-state index in [0.717, 1.165) is 13.2 Å². The summed E-state index contributed by atoms with van der Waals surface area (Å²) in [5.74, 6) is -3.29. The molecule has 0 radical (unpaired) electrons. The van der Waals surface area contributed by atoms with Gasteiger partial charge in [-0.2, -0.15) is 0 Å². The Morgan fingerprint density at radius 1 is 1.22 bits per heavy atom. The first-order chi connectivity index (χ1) is 8.63. The lowest BCUT2D eigenvalue weighted by Crippen LogP contribution is -2.11. The lowest BCUT2D eigenvalue weighted by atomic mass is 10.2. The van der Waals surface area contributed by atoms with Crippen molar-refractivity contribution in [3.05, 3.63) is 53.9 Å². The highest BCUT2D eigenvalue weighted by Crippen LogP contribution is 2.21. The maximum absolute atomic E-state index is 13.7. The van der Waals surface area contributed by atoms with E-state index in [1.54, 1.807) is 24.5 Å². The highest BCUT2D eigenvalue weighted by Gasteiger charge is 2.19. The van der Waals surface area contributed by atoms with Crippen molar-refractivity contribution in [2.45, 2.75) is 0 Å². The van der Waals surface area contributed by atoms with Gasteiger partial charge in [0.1, 0.15) is 0 Å². The number of ether oxygens (including phenoxy) is 1. The number of anilines is 1. The third-order valence-corrected chi connectivity index (χ3v) is 2.34. The van der Waals surface area contributed by atoms with E-state index in [4.69, 9.17) is 0 Å². The number of nitrogens with zero attached hydrogens (tertiary/aromatic N) is 1. The first-order valence-corrected chi connectivity index (χ1v) is 5.10. The number of hydrogen-bond donors (Lipinski definition) is 1. The van der Waals surface area contributed by atoms with Gasteiger partial charge < -0.3 is 4.74 Å². The lowest BCUT2D eigenvalue weighted by Gasteiger charge is -2.10. The van der Waals surface area contributed by atoms with Crippen LogP contribution in [-0.2, 0) is 4.74 Å². The van der Waals surface area contributed by atoms with Crippen LogP contribution in [0.1, 0.15) is 10.4 Å². The molecule has 0 aliphatic rings. The van der Waals surface area contributed by atoms with E-state index in [-0.39, 0.29) is 5.69 Å². The van der Waals surface area contributed by atoms with E-state index >= 15 is 0 Å². The van der Waals surface area contributed by atoms with Crippen LogP contribution in [0, 0.1) is 11.6 Å². The molecule has 1 aromatic heterocycles. The number of aromatic nitrogens is 1. The van der Waals surface area contributed by atoms with Crippen LogP contribution in [0.4, 0.5) is 14.5 Å². The number of esters is 1. The summed E-state index contributed by atoms with van der Waals surface area (Å²) in [6.45, 7) is 0. The monoisotopic (exact) mass is 252 g/mol. The molecule has 0 bridgehead atoms. The summed E-state index contributed by atoms with van der Waals surface area (Å²) in [5, 5.41) is 0. The number of hydrogen-bond acceptors (Lipinski definition) is 3. The minimum absolute atomic E-state index is 0.0728. The molecule has 1 N–H and O–H groups in total. The molecule has 0 aliphatic heterocycles. The molecule has 0 saturated carbocycles. The number of carbonyl (C=O) groups is 1. The third kappa shape index (κ3) is 2.17. The van der Waals surface area contributed by atoms with Crippen molar-refractivity contribution in [2.75, 3.05) is 12.5 Å². The average Bonchev–Trinajstić information content (AvgIpc) is 2.87. The van der Waals surface area contributed by atoms with Gasteiger partial charge in [0.15, 0.2) is 11.6 Å². The molecule has 2 aromatic rings. The van der Waals surface area contributed by atoms with Crippen molar-refractivity contribution in [2.24, 2.45) is 0 Å². The van der Waals surface area contributed by atoms with E-state index in [2.05, 4.69) is 10.2 Å². The van der Waals surface area contributed by atoms with Crippen LogP contribution in [0.25, 0.3) is 0 Å². The van der Waals surface area contributed by atoms with E-state index in [1.807, 2.05) is 0 Å². The van der Waals surface area contributed by atoms with Crippen LogP contribution in [-0.4, -0.2) is 17.8 Å². The average molecular weight is 252 g/mol. The summed E-state index contributed by atoms with van der Waals surface area (Å²) in [4.78, 5) is 11.2. The van der Waals surface area contributed by atoms with Gasteiger partial charge in [-0.05, 0) is 24.3 Å². The highest BCUT2D eigenvalue weighted by molar-refractivity contribution is 5.90. The van der Waals surface area contributed by atoms with Gasteiger partial charge in [-0.15, -0.1) is 0 Å². The summed E-state index contributed by atoms with van der Waals surface area (Å²) in [5.41, 5.74) is 2.12. The van der Waals surface area contributed by atoms with E-state index in [9.17, 15) is 13.6 Å². The molecule has 4 nitrogen and oxygen atoms in total. The van der Waals surface area contributed by atoms with Crippen LogP contribution in [0.3, 0.4) is 0 Å². The summed E-state index contributed by atoms with van der Waals surface area (Å²) in [6.07, 6.45) is 3.26. The molecule has 0 aliphatic carbocycles. The number of benzene rings is 1. The summed E-state index contributed by atoms with van der Waals surface area (Å²) in [7, 11) is 1.10. The summed E-state index contributed by atoms with van der Waals surface area (Å²) >= 11 is 0. The van der Waals surface area contributed by atoms with Crippen molar-refractivity contribution in [1.82, 2.24) is 4.68 Å². The molecule has 6 heteroatoms. The van der Waals surface area contributed by atoms with Gasteiger partial charge in [0.25, 0.3) is 0 Å². The fourth-order valence-electron chi connectivity index (χ4n) is 1.45. The van der Waals surface area contributed by atoms with E-state index < -0.39 is 23.2 Å². The molecule has 0 fully saturated rings. The third-order valence-electron chi connectivity index (χ3n) is 2.34. The molecule has 1 heterocycles. The number of carbonyl (C=O) groups excluding carboxylic acids is 1. The Hall–Kier alpha value is -2.37. The van der Waals surface area contributed by atoms with Gasteiger partial charge in [0, 0.05) is 12.4 Å². The Labute approximate surface area is 102 Å². The highest BCUT2D eigenvalue weighted by atomic mass is 19.2. The molecule has 2 rings (SSSR count). The van der Waals surface area contributed by atoms with E-state index in [0.29, 0.717) is 0 Å². The Kier molecular flexibility index (Phi) is 3.27. The zero-order chi connectivity index (χ0) is 13.1. The lowest BCUT2D eigenvalue weighted by molar-refractivity contribution is 0.0594. The number of halogens is 2. The van der Waals surface area contributed by atoms with Gasteiger partial charge >= 0.3 is 5.97 Å². The molecule has 18 heavy (non-hydrogen) atoms. The second-order valence-corrected chi connectivity index (χ2v) is 3.48. The maximum atomic E-state index is 13.7. The molecule has 0 atom stereocenters. The SMILES string of the molecule is COC(=O)c1ccc(Nn2cccc2)c(F)c1F. The molecule has 1 aromatic carbocycles. The van der Waals surface area contributed by atoms with Gasteiger partial charge in [-0.1, -0.05) is 0 Å². The van der Waals surface area contributed by atoms with Crippen molar-refractivity contribution in [1.29, 1.82) is 0 Å². The predicted octanol–water partition coefficient (Wildman–Crippen LogP) is 2.43. The van der Waals surface area contributed by atoms with E-state index in [1.165, 1.54) is 10.7 Å². The van der Waals surface area contributed by atoms with Crippen molar-refractivity contribution >= 4 is 11.7 Å². The van der Waals surface area contributed by atoms with Gasteiger partial charge in [0.2, 0.25) is 0 Å².